The zero-order valence-electron chi connectivity index (χ0n) is 15.8. The summed E-state index contributed by atoms with van der Waals surface area (Å²) in [7, 11) is 1.74. The lowest BCUT2D eigenvalue weighted by Crippen LogP contribution is -2.42. The van der Waals surface area contributed by atoms with Crippen LogP contribution < -0.4 is 0 Å². The average molecular weight is 389 g/mol. The highest BCUT2D eigenvalue weighted by Gasteiger charge is 2.30. The van der Waals surface area contributed by atoms with Gasteiger partial charge in [-0.15, -0.1) is 5.10 Å². The molecule has 0 N–H and O–H groups in total. The largest absolute Gasteiger partial charge is 0.368 e. The number of carbonyl (C=O) groups is 1. The fourth-order valence-corrected chi connectivity index (χ4v) is 3.55. The summed E-state index contributed by atoms with van der Waals surface area (Å²) < 4.78 is 9.44. The van der Waals surface area contributed by atoms with Gasteiger partial charge in [-0.3, -0.25) is 14.5 Å². The van der Waals surface area contributed by atoms with Gasteiger partial charge in [0.1, 0.15) is 12.4 Å². The molecule has 9 nitrogen and oxygen atoms in total. The van der Waals surface area contributed by atoms with E-state index in [9.17, 15) is 4.79 Å². The van der Waals surface area contributed by atoms with Crippen LogP contribution in [0.4, 0.5) is 0 Å². The van der Waals surface area contributed by atoms with E-state index in [0.717, 1.165) is 22.3 Å². The molecule has 0 spiro atoms. The molecule has 5 heterocycles. The highest BCUT2D eigenvalue weighted by molar-refractivity contribution is 5.90. The number of fused-ring (bicyclic) bond motifs is 1. The van der Waals surface area contributed by atoms with Gasteiger partial charge in [0, 0.05) is 37.7 Å². The summed E-state index contributed by atoms with van der Waals surface area (Å²) in [6.45, 7) is 1.36. The fourth-order valence-electron chi connectivity index (χ4n) is 3.55. The van der Waals surface area contributed by atoms with Gasteiger partial charge in [0.15, 0.2) is 0 Å². The number of hydrogen-bond acceptors (Lipinski definition) is 6. The summed E-state index contributed by atoms with van der Waals surface area (Å²) in [4.78, 5) is 27.2. The molecule has 9 heteroatoms. The Hall–Kier alpha value is -3.59. The number of aromatic nitrogens is 6. The van der Waals surface area contributed by atoms with Crippen molar-refractivity contribution in [3.05, 3.63) is 67.0 Å². The van der Waals surface area contributed by atoms with E-state index >= 15 is 0 Å². The van der Waals surface area contributed by atoms with Crippen LogP contribution in [0.5, 0.6) is 0 Å². The van der Waals surface area contributed by atoms with Gasteiger partial charge < -0.3 is 14.0 Å². The Kier molecular flexibility index (Phi) is 4.28. The van der Waals surface area contributed by atoms with E-state index in [1.54, 1.807) is 24.5 Å². The van der Waals surface area contributed by atoms with Crippen molar-refractivity contribution in [3.8, 4) is 11.1 Å². The predicted molar refractivity (Wildman–Crippen MR) is 104 cm³/mol. The van der Waals surface area contributed by atoms with Crippen LogP contribution in [-0.4, -0.2) is 59.6 Å². The maximum Gasteiger partial charge on any atom is 0.293 e. The molecule has 1 unspecified atom stereocenters. The molecule has 1 aliphatic heterocycles. The van der Waals surface area contributed by atoms with E-state index in [4.69, 9.17) is 4.74 Å². The first-order valence-corrected chi connectivity index (χ1v) is 9.32. The van der Waals surface area contributed by atoms with Crippen LogP contribution in [0.15, 0.2) is 55.5 Å². The van der Waals surface area contributed by atoms with E-state index in [2.05, 4.69) is 20.1 Å². The van der Waals surface area contributed by atoms with E-state index in [1.165, 1.54) is 11.0 Å². The van der Waals surface area contributed by atoms with Gasteiger partial charge in [0.05, 0.1) is 30.7 Å². The number of carbonyl (C=O) groups excluding carboxylic acids is 1. The summed E-state index contributed by atoms with van der Waals surface area (Å²) in [5.74, 6) is 0.00485. The van der Waals surface area contributed by atoms with Crippen molar-refractivity contribution in [1.82, 2.24) is 34.0 Å². The Morgan fingerprint density at radius 1 is 1.17 bits per heavy atom. The van der Waals surface area contributed by atoms with Gasteiger partial charge in [0.2, 0.25) is 5.82 Å². The van der Waals surface area contributed by atoms with Gasteiger partial charge in [-0.1, -0.05) is 12.1 Å². The zero-order chi connectivity index (χ0) is 19.8. The Balaban J connectivity index is 1.41. The molecule has 1 saturated heterocycles. The molecule has 0 aliphatic carbocycles. The van der Waals surface area contributed by atoms with Gasteiger partial charge in [-0.05, 0) is 17.7 Å². The molecule has 5 rings (SSSR count). The van der Waals surface area contributed by atoms with Crippen LogP contribution in [0.2, 0.25) is 0 Å². The van der Waals surface area contributed by atoms with Gasteiger partial charge in [-0.2, -0.15) is 0 Å². The zero-order valence-corrected chi connectivity index (χ0v) is 15.8. The smallest absolute Gasteiger partial charge is 0.293 e. The van der Waals surface area contributed by atoms with Crippen molar-refractivity contribution in [2.45, 2.75) is 6.10 Å². The molecular weight excluding hydrogens is 370 g/mol. The number of amides is 1. The molecule has 0 saturated carbocycles. The van der Waals surface area contributed by atoms with Crippen molar-refractivity contribution in [3.63, 3.8) is 0 Å². The van der Waals surface area contributed by atoms with Gasteiger partial charge >= 0.3 is 0 Å². The maximum absolute atomic E-state index is 12.7. The van der Waals surface area contributed by atoms with Crippen LogP contribution in [-0.2, 0) is 11.8 Å². The maximum atomic E-state index is 12.7. The molecule has 0 aromatic carbocycles. The molecule has 4 aromatic heterocycles. The summed E-state index contributed by atoms with van der Waals surface area (Å²) >= 11 is 0. The normalized spacial score (nSPS) is 17.0. The van der Waals surface area contributed by atoms with Crippen LogP contribution in [0.3, 0.4) is 0 Å². The number of hydrogen-bond donors (Lipinski definition) is 0. The van der Waals surface area contributed by atoms with Crippen LogP contribution in [0, 0.1) is 0 Å². The third-order valence-corrected chi connectivity index (χ3v) is 5.01. The van der Waals surface area contributed by atoms with Crippen molar-refractivity contribution in [2.75, 3.05) is 19.7 Å². The van der Waals surface area contributed by atoms with E-state index in [-0.39, 0.29) is 17.8 Å². The van der Waals surface area contributed by atoms with Crippen molar-refractivity contribution >= 4 is 11.4 Å². The van der Waals surface area contributed by atoms with Crippen molar-refractivity contribution in [1.29, 1.82) is 0 Å². The Morgan fingerprint density at radius 2 is 2.10 bits per heavy atom. The highest BCUT2D eigenvalue weighted by atomic mass is 16.5. The van der Waals surface area contributed by atoms with E-state index in [1.807, 2.05) is 41.1 Å². The number of rotatable bonds is 3. The van der Waals surface area contributed by atoms with Crippen LogP contribution in [0.25, 0.3) is 16.6 Å². The number of ether oxygens (including phenoxy) is 1. The molecule has 1 fully saturated rings. The van der Waals surface area contributed by atoms with Crippen molar-refractivity contribution in [2.24, 2.45) is 7.05 Å². The fraction of sp³-hybridized carbons (Fsp3) is 0.250. The summed E-state index contributed by atoms with van der Waals surface area (Å²) in [5.41, 5.74) is 3.86. The SMILES string of the molecule is Cn1cnc(C(=O)N2CCOC(c3ncn4cc(-c5cccnc5)ccc34)C2)n1. The second-order valence-electron chi connectivity index (χ2n) is 6.93. The molecule has 29 heavy (non-hydrogen) atoms. The lowest BCUT2D eigenvalue weighted by atomic mass is 10.1. The molecule has 0 bridgehead atoms. The lowest BCUT2D eigenvalue weighted by molar-refractivity contribution is -0.0243. The molecule has 4 aromatic rings. The molecule has 1 atom stereocenters. The molecule has 1 aliphatic rings. The number of nitrogens with zero attached hydrogens (tertiary/aromatic N) is 7. The molecule has 0 radical (unpaired) electrons. The monoisotopic (exact) mass is 389 g/mol. The molecular formula is C20H19N7O2. The Bertz CT molecular complexity index is 1170. The minimum Gasteiger partial charge on any atom is -0.368 e. The first-order chi connectivity index (χ1) is 14.2. The third kappa shape index (κ3) is 3.25. The second-order valence-corrected chi connectivity index (χ2v) is 6.93. The minimum absolute atomic E-state index is 0.193. The summed E-state index contributed by atoms with van der Waals surface area (Å²) in [5, 5.41) is 4.11. The molecule has 146 valence electrons. The summed E-state index contributed by atoms with van der Waals surface area (Å²) in [6, 6.07) is 8.00. The predicted octanol–water partition coefficient (Wildman–Crippen LogP) is 1.74. The Labute approximate surface area is 166 Å². The first kappa shape index (κ1) is 17.5. The standard InChI is InChI=1S/C20H19N7O2/c1-25-12-23-19(24-25)20(28)26-7-8-29-17(11-26)18-16-5-4-15(10-27(16)13-22-18)14-3-2-6-21-9-14/h2-6,9-10,12-13,17H,7-8,11H2,1H3. The number of morpholine rings is 1. The number of imidazole rings is 1. The minimum atomic E-state index is -0.300. The third-order valence-electron chi connectivity index (χ3n) is 5.01. The average Bonchev–Trinajstić information content (AvgIpc) is 3.39. The quantitative estimate of drug-likeness (QED) is 0.530. The topological polar surface area (TPSA) is 90.4 Å². The van der Waals surface area contributed by atoms with Crippen molar-refractivity contribution < 1.29 is 9.53 Å². The number of pyridine rings is 2. The highest BCUT2D eigenvalue weighted by Crippen LogP contribution is 2.27. The lowest BCUT2D eigenvalue weighted by Gasteiger charge is -2.31. The van der Waals surface area contributed by atoms with E-state index in [0.29, 0.717) is 19.7 Å². The number of aryl methyl sites for hydroxylation is 1. The van der Waals surface area contributed by atoms with Gasteiger partial charge in [-0.25, -0.2) is 9.97 Å². The first-order valence-electron chi connectivity index (χ1n) is 9.32. The van der Waals surface area contributed by atoms with E-state index < -0.39 is 0 Å². The molecule has 1 amide bonds. The second kappa shape index (κ2) is 7.10. The summed E-state index contributed by atoms with van der Waals surface area (Å²) in [6.07, 6.45) is 8.60. The van der Waals surface area contributed by atoms with Crippen LogP contribution >= 0.6 is 0 Å². The Morgan fingerprint density at radius 3 is 2.90 bits per heavy atom. The van der Waals surface area contributed by atoms with Crippen LogP contribution in [0.1, 0.15) is 22.4 Å². The van der Waals surface area contributed by atoms with Gasteiger partial charge in [0.25, 0.3) is 5.91 Å².